The molecule has 0 spiro atoms. The van der Waals surface area contributed by atoms with Gasteiger partial charge in [0.25, 0.3) is 11.8 Å². The molecule has 0 bridgehead atoms. The predicted molar refractivity (Wildman–Crippen MR) is 124 cm³/mol. The lowest BCUT2D eigenvalue weighted by Crippen LogP contribution is -2.43. The van der Waals surface area contributed by atoms with Crippen LogP contribution in [0.5, 0.6) is 5.75 Å². The smallest absolute Gasteiger partial charge is 0.282 e. The summed E-state index contributed by atoms with van der Waals surface area (Å²) in [6, 6.07) is 11.2. The SMILES string of the molecule is CC(C)Oc1ccc(N2C(=O)C(c3cccs3)=C(N(C)C3CCN(C)CC3)C2=O)cc1. The molecule has 1 fully saturated rings. The molecule has 0 unspecified atom stereocenters. The summed E-state index contributed by atoms with van der Waals surface area (Å²) < 4.78 is 5.70. The number of nitrogens with zero attached hydrogens (tertiary/aromatic N) is 3. The second kappa shape index (κ2) is 8.85. The van der Waals surface area contributed by atoms with Crippen LogP contribution in [0.4, 0.5) is 5.69 Å². The molecule has 2 amide bonds. The zero-order valence-electron chi connectivity index (χ0n) is 18.5. The molecule has 2 aliphatic heterocycles. The quantitative estimate of drug-likeness (QED) is 0.640. The van der Waals surface area contributed by atoms with Gasteiger partial charge in [0.05, 0.1) is 17.4 Å². The Labute approximate surface area is 187 Å². The third-order valence-electron chi connectivity index (χ3n) is 5.88. The summed E-state index contributed by atoms with van der Waals surface area (Å²) in [5.41, 5.74) is 1.57. The summed E-state index contributed by atoms with van der Waals surface area (Å²) in [6.07, 6.45) is 2.00. The summed E-state index contributed by atoms with van der Waals surface area (Å²) >= 11 is 1.49. The largest absolute Gasteiger partial charge is 0.491 e. The summed E-state index contributed by atoms with van der Waals surface area (Å²) in [5.74, 6) is 0.195. The predicted octanol–water partition coefficient (Wildman–Crippen LogP) is 3.85. The first kappa shape index (κ1) is 21.6. The van der Waals surface area contributed by atoms with Gasteiger partial charge in [-0.1, -0.05) is 6.07 Å². The molecule has 0 aliphatic carbocycles. The second-order valence-electron chi connectivity index (χ2n) is 8.45. The molecule has 1 aromatic heterocycles. The van der Waals surface area contributed by atoms with Gasteiger partial charge in [-0.15, -0.1) is 11.3 Å². The number of ether oxygens (including phenoxy) is 1. The first-order valence-electron chi connectivity index (χ1n) is 10.7. The van der Waals surface area contributed by atoms with Gasteiger partial charge in [0.15, 0.2) is 0 Å². The van der Waals surface area contributed by atoms with Crippen LogP contribution < -0.4 is 9.64 Å². The lowest BCUT2D eigenvalue weighted by atomic mass is 10.0. The van der Waals surface area contributed by atoms with Crippen LogP contribution in [-0.4, -0.2) is 60.9 Å². The van der Waals surface area contributed by atoms with E-state index >= 15 is 0 Å². The molecule has 0 radical (unpaired) electrons. The Morgan fingerprint density at radius 3 is 2.32 bits per heavy atom. The van der Waals surface area contributed by atoms with Crippen molar-refractivity contribution in [3.63, 3.8) is 0 Å². The fourth-order valence-electron chi connectivity index (χ4n) is 4.23. The Morgan fingerprint density at radius 2 is 1.74 bits per heavy atom. The first-order chi connectivity index (χ1) is 14.9. The molecule has 3 heterocycles. The van der Waals surface area contributed by atoms with Crippen molar-refractivity contribution in [2.75, 3.05) is 32.1 Å². The van der Waals surface area contributed by atoms with E-state index in [1.165, 1.54) is 16.2 Å². The Hall–Kier alpha value is -2.64. The standard InChI is InChI=1S/C24H29N3O3S/c1-16(2)30-19-9-7-18(8-10-19)27-23(28)21(20-6-5-15-31-20)22(24(27)29)26(4)17-11-13-25(3)14-12-17/h5-10,15-17H,11-14H2,1-4H3. The van der Waals surface area contributed by atoms with E-state index < -0.39 is 0 Å². The molecular formula is C24H29N3O3S. The summed E-state index contributed by atoms with van der Waals surface area (Å²) in [5, 5.41) is 1.94. The maximum absolute atomic E-state index is 13.6. The number of carbonyl (C=O) groups is 2. The summed E-state index contributed by atoms with van der Waals surface area (Å²) in [4.78, 5) is 33.6. The average Bonchev–Trinajstić information content (AvgIpc) is 3.34. The van der Waals surface area contributed by atoms with Gasteiger partial charge in [-0.25, -0.2) is 4.90 Å². The molecule has 1 aromatic carbocycles. The van der Waals surface area contributed by atoms with Gasteiger partial charge in [-0.2, -0.15) is 0 Å². The molecule has 2 aromatic rings. The zero-order chi connectivity index (χ0) is 22.1. The normalized spacial score (nSPS) is 18.4. The molecule has 4 rings (SSSR count). The Balaban J connectivity index is 1.68. The third kappa shape index (κ3) is 4.25. The van der Waals surface area contributed by atoms with E-state index in [0.29, 0.717) is 22.7 Å². The van der Waals surface area contributed by atoms with Crippen LogP contribution in [-0.2, 0) is 9.59 Å². The molecule has 0 saturated carbocycles. The van der Waals surface area contributed by atoms with Gasteiger partial charge in [0.2, 0.25) is 0 Å². The average molecular weight is 440 g/mol. The maximum Gasteiger partial charge on any atom is 0.282 e. The molecule has 0 N–H and O–H groups in total. The number of piperidine rings is 1. The fourth-order valence-corrected chi connectivity index (χ4v) is 5.00. The number of anilines is 1. The minimum absolute atomic E-state index is 0.0581. The van der Waals surface area contributed by atoms with Crippen molar-refractivity contribution < 1.29 is 14.3 Å². The number of hydrogen-bond donors (Lipinski definition) is 0. The molecule has 6 nitrogen and oxygen atoms in total. The van der Waals surface area contributed by atoms with Crippen molar-refractivity contribution >= 4 is 34.4 Å². The van der Waals surface area contributed by atoms with Gasteiger partial charge in [-0.05, 0) is 82.5 Å². The second-order valence-corrected chi connectivity index (χ2v) is 9.40. The number of rotatable bonds is 6. The van der Waals surface area contributed by atoms with Crippen molar-refractivity contribution in [1.29, 1.82) is 0 Å². The van der Waals surface area contributed by atoms with E-state index in [1.54, 1.807) is 24.3 Å². The highest BCUT2D eigenvalue weighted by Crippen LogP contribution is 2.38. The molecule has 2 aliphatic rings. The minimum Gasteiger partial charge on any atom is -0.491 e. The van der Waals surface area contributed by atoms with Crippen LogP contribution in [0.3, 0.4) is 0 Å². The lowest BCUT2D eigenvalue weighted by Gasteiger charge is -2.36. The Bertz CT molecular complexity index is 974. The molecular weight excluding hydrogens is 410 g/mol. The molecule has 7 heteroatoms. The van der Waals surface area contributed by atoms with E-state index in [1.807, 2.05) is 43.3 Å². The topological polar surface area (TPSA) is 53.1 Å². The number of carbonyl (C=O) groups excluding carboxylic acids is 2. The summed E-state index contributed by atoms with van der Waals surface area (Å²) in [6.45, 7) is 5.90. The van der Waals surface area contributed by atoms with Crippen molar-refractivity contribution in [3.05, 3.63) is 52.4 Å². The van der Waals surface area contributed by atoms with E-state index in [0.717, 1.165) is 30.8 Å². The molecule has 164 valence electrons. The van der Waals surface area contributed by atoms with Crippen molar-refractivity contribution in [2.24, 2.45) is 0 Å². The van der Waals surface area contributed by atoms with Gasteiger partial charge in [-0.3, -0.25) is 9.59 Å². The highest BCUT2D eigenvalue weighted by atomic mass is 32.1. The monoisotopic (exact) mass is 439 g/mol. The minimum atomic E-state index is -0.264. The van der Waals surface area contributed by atoms with Crippen LogP contribution in [0, 0.1) is 0 Å². The lowest BCUT2D eigenvalue weighted by molar-refractivity contribution is -0.120. The van der Waals surface area contributed by atoms with Crippen LogP contribution in [0.25, 0.3) is 5.57 Å². The van der Waals surface area contributed by atoms with Gasteiger partial charge >= 0.3 is 0 Å². The van der Waals surface area contributed by atoms with Crippen LogP contribution in [0.1, 0.15) is 31.6 Å². The van der Waals surface area contributed by atoms with Gasteiger partial charge < -0.3 is 14.5 Å². The van der Waals surface area contributed by atoms with E-state index in [4.69, 9.17) is 4.74 Å². The zero-order valence-corrected chi connectivity index (χ0v) is 19.3. The third-order valence-corrected chi connectivity index (χ3v) is 6.77. The number of likely N-dealkylation sites (tertiary alicyclic amines) is 1. The number of likely N-dealkylation sites (N-methyl/N-ethyl adjacent to an activating group) is 1. The molecule has 31 heavy (non-hydrogen) atoms. The van der Waals surface area contributed by atoms with Crippen LogP contribution >= 0.6 is 11.3 Å². The van der Waals surface area contributed by atoms with Crippen molar-refractivity contribution in [2.45, 2.75) is 38.8 Å². The number of imide groups is 1. The van der Waals surface area contributed by atoms with Crippen LogP contribution in [0.15, 0.2) is 47.5 Å². The van der Waals surface area contributed by atoms with E-state index in [2.05, 4.69) is 11.9 Å². The van der Waals surface area contributed by atoms with Crippen molar-refractivity contribution in [1.82, 2.24) is 9.80 Å². The number of benzene rings is 1. The maximum atomic E-state index is 13.6. The van der Waals surface area contributed by atoms with Crippen molar-refractivity contribution in [3.8, 4) is 5.75 Å². The fraction of sp³-hybridized carbons (Fsp3) is 0.417. The number of thiophene rings is 1. The summed E-state index contributed by atoms with van der Waals surface area (Å²) in [7, 11) is 4.07. The van der Waals surface area contributed by atoms with E-state index in [9.17, 15) is 9.59 Å². The van der Waals surface area contributed by atoms with Gasteiger partial charge in [0.1, 0.15) is 11.4 Å². The highest BCUT2D eigenvalue weighted by molar-refractivity contribution is 7.11. The number of amides is 2. The Morgan fingerprint density at radius 1 is 1.06 bits per heavy atom. The molecule has 1 saturated heterocycles. The highest BCUT2D eigenvalue weighted by Gasteiger charge is 2.43. The van der Waals surface area contributed by atoms with E-state index in [-0.39, 0.29) is 24.0 Å². The van der Waals surface area contributed by atoms with Gasteiger partial charge in [0, 0.05) is 18.0 Å². The molecule has 0 atom stereocenters. The van der Waals surface area contributed by atoms with Crippen LogP contribution in [0.2, 0.25) is 0 Å². The number of hydrogen-bond acceptors (Lipinski definition) is 6. The Kier molecular flexibility index (Phi) is 6.16. The first-order valence-corrected chi connectivity index (χ1v) is 11.6.